The van der Waals surface area contributed by atoms with E-state index in [1.165, 1.54) is 0 Å². The number of anilines is 2. The third kappa shape index (κ3) is 2.28. The van der Waals surface area contributed by atoms with Crippen LogP contribution in [0.1, 0.15) is 5.56 Å². The number of nitrogen functional groups attached to an aromatic ring is 2. The Hall–Kier alpha value is -2.30. The molecule has 0 fully saturated rings. The van der Waals surface area contributed by atoms with Crippen molar-refractivity contribution < 1.29 is 4.74 Å². The number of aromatic nitrogens is 2. The Labute approximate surface area is 99.5 Å². The summed E-state index contributed by atoms with van der Waals surface area (Å²) in [5.74, 6) is 1.23. The van der Waals surface area contributed by atoms with Crippen LogP contribution in [0.5, 0.6) is 5.75 Å². The Morgan fingerprint density at radius 1 is 1.12 bits per heavy atom. The minimum Gasteiger partial charge on any atom is -0.496 e. The van der Waals surface area contributed by atoms with Gasteiger partial charge in [0.15, 0.2) is 0 Å². The second kappa shape index (κ2) is 4.29. The monoisotopic (exact) mass is 230 g/mol. The third-order valence-corrected chi connectivity index (χ3v) is 2.39. The molecule has 17 heavy (non-hydrogen) atoms. The van der Waals surface area contributed by atoms with Crippen LogP contribution in [-0.4, -0.2) is 17.1 Å². The Bertz CT molecular complexity index is 534. The fourth-order valence-electron chi connectivity index (χ4n) is 1.65. The summed E-state index contributed by atoms with van der Waals surface area (Å²) in [5, 5.41) is 0. The SMILES string of the molecule is COc1ccc(C)cc1-c1cc(N)nc(N)n1. The van der Waals surface area contributed by atoms with Crippen LogP contribution in [0.25, 0.3) is 11.3 Å². The zero-order valence-electron chi connectivity index (χ0n) is 9.77. The van der Waals surface area contributed by atoms with Gasteiger partial charge in [-0.1, -0.05) is 11.6 Å². The fraction of sp³-hybridized carbons (Fsp3) is 0.167. The first-order valence-electron chi connectivity index (χ1n) is 5.15. The second-order valence-electron chi connectivity index (χ2n) is 3.74. The minimum absolute atomic E-state index is 0.156. The van der Waals surface area contributed by atoms with Crippen molar-refractivity contribution in [3.05, 3.63) is 29.8 Å². The average Bonchev–Trinajstić information content (AvgIpc) is 2.27. The number of hydrogen-bond donors (Lipinski definition) is 2. The van der Waals surface area contributed by atoms with Gasteiger partial charge in [0.25, 0.3) is 0 Å². The first-order chi connectivity index (χ1) is 8.10. The van der Waals surface area contributed by atoms with Crippen molar-refractivity contribution in [2.75, 3.05) is 18.6 Å². The number of nitrogens with two attached hydrogens (primary N) is 2. The van der Waals surface area contributed by atoms with E-state index in [4.69, 9.17) is 16.2 Å². The smallest absolute Gasteiger partial charge is 0.222 e. The van der Waals surface area contributed by atoms with Gasteiger partial charge < -0.3 is 16.2 Å². The Morgan fingerprint density at radius 2 is 1.88 bits per heavy atom. The molecular formula is C12H14N4O. The maximum atomic E-state index is 5.65. The lowest BCUT2D eigenvalue weighted by atomic mass is 10.1. The molecule has 2 aromatic rings. The van der Waals surface area contributed by atoms with Crippen LogP contribution in [-0.2, 0) is 0 Å². The van der Waals surface area contributed by atoms with Gasteiger partial charge in [-0.15, -0.1) is 0 Å². The highest BCUT2D eigenvalue weighted by atomic mass is 16.5. The van der Waals surface area contributed by atoms with Crippen LogP contribution in [0.3, 0.4) is 0 Å². The zero-order valence-corrected chi connectivity index (χ0v) is 9.77. The third-order valence-electron chi connectivity index (χ3n) is 2.39. The van der Waals surface area contributed by atoms with Crippen molar-refractivity contribution in [3.63, 3.8) is 0 Å². The van der Waals surface area contributed by atoms with Crippen LogP contribution in [0.15, 0.2) is 24.3 Å². The summed E-state index contributed by atoms with van der Waals surface area (Å²) >= 11 is 0. The molecule has 0 spiro atoms. The molecule has 5 nitrogen and oxygen atoms in total. The van der Waals surface area contributed by atoms with Gasteiger partial charge in [0.2, 0.25) is 5.95 Å². The summed E-state index contributed by atoms with van der Waals surface area (Å²) in [7, 11) is 1.61. The van der Waals surface area contributed by atoms with Crippen LogP contribution < -0.4 is 16.2 Å². The van der Waals surface area contributed by atoms with E-state index in [9.17, 15) is 0 Å². The average molecular weight is 230 g/mol. The number of rotatable bonds is 2. The highest BCUT2D eigenvalue weighted by Crippen LogP contribution is 2.30. The normalized spacial score (nSPS) is 10.2. The molecule has 88 valence electrons. The first kappa shape index (κ1) is 11.2. The van der Waals surface area contributed by atoms with Gasteiger partial charge in [-0.3, -0.25) is 0 Å². The lowest BCUT2D eigenvalue weighted by Crippen LogP contribution is -2.01. The fourth-order valence-corrected chi connectivity index (χ4v) is 1.65. The van der Waals surface area contributed by atoms with Crippen molar-refractivity contribution in [3.8, 4) is 17.0 Å². The van der Waals surface area contributed by atoms with E-state index in [1.807, 2.05) is 25.1 Å². The van der Waals surface area contributed by atoms with Gasteiger partial charge >= 0.3 is 0 Å². The minimum atomic E-state index is 0.156. The Balaban J connectivity index is 2.62. The second-order valence-corrected chi connectivity index (χ2v) is 3.74. The van der Waals surface area contributed by atoms with Crippen molar-refractivity contribution in [2.45, 2.75) is 6.92 Å². The zero-order chi connectivity index (χ0) is 12.4. The highest BCUT2D eigenvalue weighted by molar-refractivity contribution is 5.70. The van der Waals surface area contributed by atoms with E-state index in [0.29, 0.717) is 11.5 Å². The molecule has 0 radical (unpaired) electrons. The maximum Gasteiger partial charge on any atom is 0.222 e. The number of methoxy groups -OCH3 is 1. The van der Waals surface area contributed by atoms with Gasteiger partial charge in [0.05, 0.1) is 12.8 Å². The number of benzene rings is 1. The van der Waals surface area contributed by atoms with Crippen LogP contribution in [0.2, 0.25) is 0 Å². The molecule has 0 amide bonds. The molecule has 0 bridgehead atoms. The quantitative estimate of drug-likeness (QED) is 0.818. The van der Waals surface area contributed by atoms with Crippen molar-refractivity contribution in [1.82, 2.24) is 9.97 Å². The summed E-state index contributed by atoms with van der Waals surface area (Å²) in [6.45, 7) is 2.00. The number of nitrogens with zero attached hydrogens (tertiary/aromatic N) is 2. The van der Waals surface area contributed by atoms with Crippen molar-refractivity contribution in [1.29, 1.82) is 0 Å². The van der Waals surface area contributed by atoms with Crippen LogP contribution in [0.4, 0.5) is 11.8 Å². The molecule has 0 aliphatic heterocycles. The van der Waals surface area contributed by atoms with Gasteiger partial charge in [0.1, 0.15) is 11.6 Å². The standard InChI is InChI=1S/C12H14N4O/c1-7-3-4-10(17-2)8(5-7)9-6-11(13)16-12(14)15-9/h3-6H,1-2H3,(H4,13,14,15,16). The molecule has 0 unspecified atom stereocenters. The first-order valence-corrected chi connectivity index (χ1v) is 5.15. The summed E-state index contributed by atoms with van der Waals surface area (Å²) in [5.41, 5.74) is 13.9. The predicted octanol–water partition coefficient (Wildman–Crippen LogP) is 1.63. The molecule has 1 aromatic heterocycles. The molecule has 5 heteroatoms. The number of ether oxygens (including phenoxy) is 1. The molecule has 1 heterocycles. The summed E-state index contributed by atoms with van der Waals surface area (Å²) in [6.07, 6.45) is 0. The van der Waals surface area contributed by atoms with Gasteiger partial charge in [-0.2, -0.15) is 4.98 Å². The summed E-state index contributed by atoms with van der Waals surface area (Å²) in [4.78, 5) is 8.00. The van der Waals surface area contributed by atoms with Crippen molar-refractivity contribution in [2.24, 2.45) is 0 Å². The van der Waals surface area contributed by atoms with Crippen LogP contribution >= 0.6 is 0 Å². The molecule has 0 saturated carbocycles. The molecule has 0 aliphatic carbocycles. The summed E-state index contributed by atoms with van der Waals surface area (Å²) < 4.78 is 5.29. The molecule has 0 saturated heterocycles. The lowest BCUT2D eigenvalue weighted by molar-refractivity contribution is 0.416. The highest BCUT2D eigenvalue weighted by Gasteiger charge is 2.09. The Morgan fingerprint density at radius 3 is 2.53 bits per heavy atom. The molecule has 2 rings (SSSR count). The molecular weight excluding hydrogens is 216 g/mol. The van der Waals surface area contributed by atoms with Gasteiger partial charge in [-0.25, -0.2) is 4.98 Å². The number of aryl methyl sites for hydroxylation is 1. The van der Waals surface area contributed by atoms with E-state index < -0.39 is 0 Å². The molecule has 0 atom stereocenters. The van der Waals surface area contributed by atoms with E-state index in [0.717, 1.165) is 16.9 Å². The Kier molecular flexibility index (Phi) is 2.82. The van der Waals surface area contributed by atoms with Crippen LogP contribution in [0, 0.1) is 6.92 Å². The topological polar surface area (TPSA) is 87.0 Å². The van der Waals surface area contributed by atoms with E-state index in [2.05, 4.69) is 9.97 Å². The van der Waals surface area contributed by atoms with Gasteiger partial charge in [0, 0.05) is 11.6 Å². The summed E-state index contributed by atoms with van der Waals surface area (Å²) in [6, 6.07) is 7.50. The largest absolute Gasteiger partial charge is 0.496 e. The van der Waals surface area contributed by atoms with E-state index in [-0.39, 0.29) is 5.95 Å². The van der Waals surface area contributed by atoms with E-state index in [1.54, 1.807) is 13.2 Å². The molecule has 1 aromatic carbocycles. The van der Waals surface area contributed by atoms with E-state index >= 15 is 0 Å². The molecule has 4 N–H and O–H groups in total. The van der Waals surface area contributed by atoms with Crippen molar-refractivity contribution >= 4 is 11.8 Å². The van der Waals surface area contributed by atoms with Gasteiger partial charge in [-0.05, 0) is 19.1 Å². The molecule has 0 aliphatic rings. The maximum absolute atomic E-state index is 5.65. The lowest BCUT2D eigenvalue weighted by Gasteiger charge is -2.09. The predicted molar refractivity (Wildman–Crippen MR) is 67.6 cm³/mol. The number of hydrogen-bond acceptors (Lipinski definition) is 5.